The molecule has 212 valence electrons. The fraction of sp³-hybridized carbons (Fsp3) is 0. The number of hydrogen-bond acceptors (Lipinski definition) is 2. The first-order valence-electron chi connectivity index (χ1n) is 14.9. The van der Waals surface area contributed by atoms with Crippen molar-refractivity contribution >= 4 is 86.5 Å². The Labute approximate surface area is 262 Å². The van der Waals surface area contributed by atoms with E-state index < -0.39 is 0 Å². The van der Waals surface area contributed by atoms with E-state index in [1.807, 2.05) is 53.8 Å². The van der Waals surface area contributed by atoms with Crippen LogP contribution >= 0.6 is 11.3 Å². The van der Waals surface area contributed by atoms with Crippen molar-refractivity contribution in [1.82, 2.24) is 4.57 Å². The molecule has 9 aromatic rings. The van der Waals surface area contributed by atoms with Gasteiger partial charge in [0.05, 0.1) is 11.0 Å². The van der Waals surface area contributed by atoms with Gasteiger partial charge in [-0.15, -0.1) is 11.3 Å². The molecule has 0 radical (unpaired) electrons. The molecule has 2 heterocycles. The fourth-order valence-electron chi connectivity index (χ4n) is 6.84. The summed E-state index contributed by atoms with van der Waals surface area (Å²) in [5.74, 6) is 0.456. The standard InChI is InChI=1S/C40H26N4S/c41-39(25-9-2-1-3-10-25)43-40(42)26-11-8-12-27(23-26)44-32-15-6-4-13-30(32)37-29-19-17-24-18-22-35-38(31-14-5-7-16-34(31)45-35)36(24)28(29)20-21-33(37)44/h1-23H,(H3,41,42,43). The second-order valence-electron chi connectivity index (χ2n) is 11.4. The van der Waals surface area contributed by atoms with Crippen LogP contribution in [0.25, 0.3) is 69.2 Å². The zero-order valence-electron chi connectivity index (χ0n) is 24.2. The van der Waals surface area contributed by atoms with E-state index >= 15 is 0 Å². The minimum absolute atomic E-state index is 0.140. The first-order chi connectivity index (χ1) is 22.2. The van der Waals surface area contributed by atoms with Crippen molar-refractivity contribution in [2.75, 3.05) is 0 Å². The molecule has 4 nitrogen and oxygen atoms in total. The largest absolute Gasteiger partial charge is 0.383 e. The molecule has 0 saturated carbocycles. The number of nitrogens with one attached hydrogen (secondary N) is 1. The summed E-state index contributed by atoms with van der Waals surface area (Å²) < 4.78 is 4.94. The minimum Gasteiger partial charge on any atom is -0.383 e. The molecular formula is C40H26N4S. The zero-order valence-corrected chi connectivity index (χ0v) is 25.0. The average Bonchev–Trinajstić information content (AvgIpc) is 3.64. The number of nitrogens with zero attached hydrogens (tertiary/aromatic N) is 2. The van der Waals surface area contributed by atoms with E-state index in [4.69, 9.17) is 11.1 Å². The lowest BCUT2D eigenvalue weighted by Crippen LogP contribution is -2.16. The van der Waals surface area contributed by atoms with E-state index in [0.29, 0.717) is 5.84 Å². The summed E-state index contributed by atoms with van der Waals surface area (Å²) in [6.07, 6.45) is 0. The maximum absolute atomic E-state index is 8.46. The summed E-state index contributed by atoms with van der Waals surface area (Å²) in [5, 5.41) is 18.6. The van der Waals surface area contributed by atoms with E-state index in [9.17, 15) is 0 Å². The molecule has 45 heavy (non-hydrogen) atoms. The van der Waals surface area contributed by atoms with Gasteiger partial charge < -0.3 is 10.3 Å². The Morgan fingerprint density at radius 3 is 2.16 bits per heavy atom. The number of hydrogen-bond donors (Lipinski definition) is 2. The van der Waals surface area contributed by atoms with Crippen LogP contribution in [0.4, 0.5) is 0 Å². The zero-order chi connectivity index (χ0) is 30.1. The van der Waals surface area contributed by atoms with Crippen LogP contribution in [0.1, 0.15) is 11.1 Å². The van der Waals surface area contributed by atoms with Crippen LogP contribution in [-0.2, 0) is 0 Å². The van der Waals surface area contributed by atoms with Gasteiger partial charge in [0, 0.05) is 47.8 Å². The third kappa shape index (κ3) is 3.91. The molecule has 2 aromatic heterocycles. The number of nitrogens with two attached hydrogens (primary N) is 1. The second-order valence-corrected chi connectivity index (χ2v) is 12.5. The number of fused-ring (bicyclic) bond motifs is 11. The topological polar surface area (TPSA) is 67.2 Å². The Hall–Kier alpha value is -5.78. The van der Waals surface area contributed by atoms with Gasteiger partial charge in [0.2, 0.25) is 0 Å². The Kier molecular flexibility index (Phi) is 5.64. The average molecular weight is 595 g/mol. The molecular weight excluding hydrogens is 569 g/mol. The lowest BCUT2D eigenvalue weighted by atomic mass is 9.95. The van der Waals surface area contributed by atoms with Crippen LogP contribution in [0.3, 0.4) is 0 Å². The van der Waals surface area contributed by atoms with Crippen molar-refractivity contribution in [3.8, 4) is 5.69 Å². The Balaban J connectivity index is 1.29. The van der Waals surface area contributed by atoms with E-state index in [2.05, 4.69) is 107 Å². The maximum Gasteiger partial charge on any atom is 0.154 e. The second kappa shape index (κ2) is 9.88. The summed E-state index contributed by atoms with van der Waals surface area (Å²) in [6, 6.07) is 48.6. The Morgan fingerprint density at radius 1 is 0.556 bits per heavy atom. The van der Waals surface area contributed by atoms with E-state index in [-0.39, 0.29) is 5.84 Å². The monoisotopic (exact) mass is 594 g/mol. The van der Waals surface area contributed by atoms with Gasteiger partial charge in [-0.25, -0.2) is 4.99 Å². The number of benzene rings is 7. The van der Waals surface area contributed by atoms with Gasteiger partial charge in [-0.1, -0.05) is 103 Å². The third-order valence-electron chi connectivity index (χ3n) is 8.83. The molecule has 0 aliphatic heterocycles. The van der Waals surface area contributed by atoms with Gasteiger partial charge in [-0.3, -0.25) is 5.41 Å². The molecule has 5 heteroatoms. The number of rotatable bonds is 3. The molecule has 0 fully saturated rings. The predicted molar refractivity (Wildman–Crippen MR) is 193 cm³/mol. The summed E-state index contributed by atoms with van der Waals surface area (Å²) in [6.45, 7) is 0. The smallest absolute Gasteiger partial charge is 0.154 e. The molecule has 3 N–H and O–H groups in total. The highest BCUT2D eigenvalue weighted by Crippen LogP contribution is 2.44. The van der Waals surface area contributed by atoms with Crippen molar-refractivity contribution in [1.29, 1.82) is 5.41 Å². The molecule has 0 aliphatic rings. The van der Waals surface area contributed by atoms with E-state index in [1.165, 1.54) is 52.5 Å². The van der Waals surface area contributed by atoms with Crippen molar-refractivity contribution in [2.24, 2.45) is 10.7 Å². The van der Waals surface area contributed by atoms with Crippen molar-refractivity contribution in [3.63, 3.8) is 0 Å². The summed E-state index contributed by atoms with van der Waals surface area (Å²) >= 11 is 1.86. The van der Waals surface area contributed by atoms with Gasteiger partial charge in [-0.2, -0.15) is 0 Å². The van der Waals surface area contributed by atoms with Gasteiger partial charge in [0.1, 0.15) is 5.84 Å². The molecule has 0 saturated heterocycles. The highest BCUT2D eigenvalue weighted by atomic mass is 32.1. The highest BCUT2D eigenvalue weighted by Gasteiger charge is 2.18. The lowest BCUT2D eigenvalue weighted by molar-refractivity contribution is 1.18. The molecule has 0 unspecified atom stereocenters. The predicted octanol–water partition coefficient (Wildman–Crippen LogP) is 10.2. The van der Waals surface area contributed by atoms with E-state index in [0.717, 1.165) is 27.8 Å². The number of aliphatic imine (C=N–C) groups is 1. The van der Waals surface area contributed by atoms with Crippen molar-refractivity contribution < 1.29 is 0 Å². The highest BCUT2D eigenvalue weighted by molar-refractivity contribution is 7.26. The summed E-state index contributed by atoms with van der Waals surface area (Å²) in [4.78, 5) is 4.45. The van der Waals surface area contributed by atoms with Gasteiger partial charge in [0.15, 0.2) is 5.84 Å². The van der Waals surface area contributed by atoms with Crippen LogP contribution in [0.2, 0.25) is 0 Å². The van der Waals surface area contributed by atoms with Crippen molar-refractivity contribution in [3.05, 3.63) is 151 Å². The number of aromatic nitrogens is 1. The lowest BCUT2D eigenvalue weighted by Gasteiger charge is -2.11. The fourth-order valence-corrected chi connectivity index (χ4v) is 7.96. The van der Waals surface area contributed by atoms with Gasteiger partial charge >= 0.3 is 0 Å². The molecule has 0 bridgehead atoms. The maximum atomic E-state index is 8.46. The molecule has 0 spiro atoms. The number of amidine groups is 2. The third-order valence-corrected chi connectivity index (χ3v) is 9.97. The quantitative estimate of drug-likeness (QED) is 0.119. The molecule has 7 aromatic carbocycles. The van der Waals surface area contributed by atoms with Gasteiger partial charge in [-0.05, 0) is 57.9 Å². The molecule has 9 rings (SSSR count). The van der Waals surface area contributed by atoms with Gasteiger partial charge in [0.25, 0.3) is 0 Å². The first kappa shape index (κ1) is 25.7. The summed E-state index contributed by atoms with van der Waals surface area (Å²) in [7, 11) is 0. The van der Waals surface area contributed by atoms with E-state index in [1.54, 1.807) is 0 Å². The Bertz CT molecular complexity index is 2680. The van der Waals surface area contributed by atoms with Crippen molar-refractivity contribution in [2.45, 2.75) is 0 Å². The molecule has 0 atom stereocenters. The Morgan fingerprint density at radius 2 is 1.27 bits per heavy atom. The number of para-hydroxylation sites is 1. The molecule has 0 amide bonds. The van der Waals surface area contributed by atoms with Crippen LogP contribution in [0.15, 0.2) is 145 Å². The summed E-state index contributed by atoms with van der Waals surface area (Å²) in [5.41, 5.74) is 11.2. The molecule has 0 aliphatic carbocycles. The van der Waals surface area contributed by atoms with Crippen LogP contribution < -0.4 is 5.73 Å². The van der Waals surface area contributed by atoms with Crippen LogP contribution in [0.5, 0.6) is 0 Å². The van der Waals surface area contributed by atoms with Crippen LogP contribution in [-0.4, -0.2) is 16.2 Å². The van der Waals surface area contributed by atoms with Crippen LogP contribution in [0, 0.1) is 5.41 Å². The minimum atomic E-state index is 0.140. The first-order valence-corrected chi connectivity index (χ1v) is 15.8. The number of thiophene rings is 1. The normalized spacial score (nSPS) is 12.3. The SMILES string of the molecule is N=C(N=C(N)c1cccc(-n2c3ccccc3c3c4ccc5ccc6sc7ccccc7c6c5c4ccc32)c1)c1ccccc1.